The van der Waals surface area contributed by atoms with E-state index in [1.165, 1.54) is 45.3 Å². The van der Waals surface area contributed by atoms with Crippen molar-refractivity contribution in [3.63, 3.8) is 0 Å². The van der Waals surface area contributed by atoms with Gasteiger partial charge in [0.1, 0.15) is 23.9 Å². The summed E-state index contributed by atoms with van der Waals surface area (Å²) in [7, 11) is 0. The van der Waals surface area contributed by atoms with Crippen molar-refractivity contribution in [2.75, 3.05) is 0 Å². The highest BCUT2D eigenvalue weighted by molar-refractivity contribution is 5.76. The third kappa shape index (κ3) is 5.46. The van der Waals surface area contributed by atoms with E-state index in [-0.39, 0.29) is 10.8 Å². The van der Waals surface area contributed by atoms with E-state index in [0.717, 1.165) is 35.5 Å². The molecule has 0 amide bonds. The van der Waals surface area contributed by atoms with Crippen molar-refractivity contribution < 1.29 is 8.83 Å². The maximum absolute atomic E-state index is 5.49. The Kier molecular flexibility index (Phi) is 7.97. The fraction of sp³-hybridized carbons (Fsp3) is 0.0870. The summed E-state index contributed by atoms with van der Waals surface area (Å²) in [5.41, 5.74) is 12.6. The summed E-state index contributed by atoms with van der Waals surface area (Å²) >= 11 is 0. The summed E-state index contributed by atoms with van der Waals surface area (Å²) in [6, 6.07) is 42.9. The average Bonchev–Trinajstić information content (AvgIpc) is 4.07. The molecule has 52 heavy (non-hydrogen) atoms. The third-order valence-corrected chi connectivity index (χ3v) is 10.5. The predicted molar refractivity (Wildman–Crippen MR) is 205 cm³/mol. The van der Waals surface area contributed by atoms with E-state index in [0.29, 0.717) is 5.89 Å². The molecule has 0 bridgehead atoms. The monoisotopic (exact) mass is 676 g/mol. The minimum atomic E-state index is -0.175. The van der Waals surface area contributed by atoms with Crippen LogP contribution in [-0.4, -0.2) is 19.9 Å². The number of nitrogens with one attached hydrogen (secondary N) is 2. The summed E-state index contributed by atoms with van der Waals surface area (Å²) in [4.78, 5) is 15.3. The summed E-state index contributed by atoms with van der Waals surface area (Å²) in [5, 5.41) is 0. The van der Waals surface area contributed by atoms with Crippen molar-refractivity contribution in [2.45, 2.75) is 23.7 Å². The van der Waals surface area contributed by atoms with Crippen LogP contribution in [0.5, 0.6) is 0 Å². The molecule has 6 heteroatoms. The number of oxazole rings is 2. The number of aromatic nitrogens is 4. The van der Waals surface area contributed by atoms with Gasteiger partial charge in [-0.3, -0.25) is 0 Å². The first-order chi connectivity index (χ1) is 25.7. The lowest BCUT2D eigenvalue weighted by atomic mass is 9.68. The molecule has 0 spiro atoms. The quantitative estimate of drug-likeness (QED) is 0.184. The fourth-order valence-corrected chi connectivity index (χ4v) is 7.93. The maximum Gasteiger partial charge on any atom is 0.243 e. The van der Waals surface area contributed by atoms with Crippen LogP contribution < -0.4 is 0 Å². The van der Waals surface area contributed by atoms with E-state index < -0.39 is 0 Å². The molecule has 4 aromatic carbocycles. The molecule has 6 nitrogen and oxygen atoms in total. The van der Waals surface area contributed by atoms with E-state index >= 15 is 0 Å². The summed E-state index contributed by atoms with van der Waals surface area (Å²) in [6.07, 6.45) is 21.5. The minimum Gasteiger partial charge on any atom is -0.451 e. The second-order valence-electron chi connectivity index (χ2n) is 13.3. The highest BCUT2D eigenvalue weighted by atomic mass is 16.3. The lowest BCUT2D eigenvalue weighted by molar-refractivity contribution is 0.558. The Bertz CT molecular complexity index is 2190. The van der Waals surface area contributed by atoms with Crippen LogP contribution in [0, 0.1) is 0 Å². The van der Waals surface area contributed by atoms with Gasteiger partial charge >= 0.3 is 0 Å². The van der Waals surface area contributed by atoms with Crippen LogP contribution in [0.25, 0.3) is 35.1 Å². The molecule has 0 unspecified atom stereocenters. The highest BCUT2D eigenvalue weighted by Gasteiger charge is 2.37. The summed E-state index contributed by atoms with van der Waals surface area (Å²) in [5.74, 6) is 0.628. The molecule has 0 saturated heterocycles. The van der Waals surface area contributed by atoms with Crippen LogP contribution in [-0.2, 0) is 23.7 Å². The Morgan fingerprint density at radius 1 is 0.538 bits per heavy atom. The van der Waals surface area contributed by atoms with Crippen LogP contribution in [0.15, 0.2) is 180 Å². The number of rotatable bonds is 6. The van der Waals surface area contributed by atoms with Crippen molar-refractivity contribution in [1.29, 1.82) is 0 Å². The molecule has 252 valence electrons. The molecule has 2 aliphatic rings. The molecule has 4 heterocycles. The number of hydrogen-bond acceptors (Lipinski definition) is 4. The van der Waals surface area contributed by atoms with Gasteiger partial charge in [0.05, 0.1) is 11.9 Å². The largest absolute Gasteiger partial charge is 0.451 e. The van der Waals surface area contributed by atoms with Crippen LogP contribution in [0.3, 0.4) is 0 Å². The second-order valence-corrected chi connectivity index (χ2v) is 13.3. The Morgan fingerprint density at radius 3 is 1.42 bits per heavy atom. The van der Waals surface area contributed by atoms with E-state index in [1.54, 1.807) is 18.7 Å². The average molecular weight is 677 g/mol. The molecule has 8 aromatic rings. The van der Waals surface area contributed by atoms with E-state index in [2.05, 4.69) is 178 Å². The Balaban J connectivity index is 0.000000138. The smallest absolute Gasteiger partial charge is 0.243 e. The van der Waals surface area contributed by atoms with Gasteiger partial charge in [-0.25, -0.2) is 9.97 Å². The topological polar surface area (TPSA) is 83.6 Å². The van der Waals surface area contributed by atoms with Crippen LogP contribution in [0.4, 0.5) is 0 Å². The van der Waals surface area contributed by atoms with Gasteiger partial charge in [0, 0.05) is 34.4 Å². The molecule has 2 aliphatic carbocycles. The number of H-pyrrole nitrogens is 2. The minimum absolute atomic E-state index is 0.168. The van der Waals surface area contributed by atoms with E-state index in [9.17, 15) is 0 Å². The van der Waals surface area contributed by atoms with Crippen molar-refractivity contribution >= 4 is 12.2 Å². The van der Waals surface area contributed by atoms with Gasteiger partial charge in [-0.1, -0.05) is 146 Å². The standard InChI is InChI=1S/2C23H18N2O/c1-3-7-18(8-4-1)23(19-9-5-2-6-10-19)12-11-20-17(13-23)14-24-22(20)21-15-26-16-25-21;1-3-7-18(8-4-1)23(19-9-5-2-6-10-19)12-11-20-17(15-23)16-25-21(20)22-24-13-14-26-22/h1-12,14-16,24H,13H2;1-14,16,25H,15H2. The van der Waals surface area contributed by atoms with E-state index in [4.69, 9.17) is 8.83 Å². The lowest BCUT2D eigenvalue weighted by Gasteiger charge is -2.35. The van der Waals surface area contributed by atoms with Crippen LogP contribution in [0.2, 0.25) is 0 Å². The van der Waals surface area contributed by atoms with Crippen molar-refractivity contribution in [2.24, 2.45) is 0 Å². The first-order valence-electron chi connectivity index (χ1n) is 17.5. The third-order valence-electron chi connectivity index (χ3n) is 10.5. The lowest BCUT2D eigenvalue weighted by Crippen LogP contribution is -2.30. The Morgan fingerprint density at radius 2 is 1.00 bits per heavy atom. The number of hydrogen-bond donors (Lipinski definition) is 2. The molecule has 0 atom stereocenters. The zero-order chi connectivity index (χ0) is 34.8. The molecule has 0 aliphatic heterocycles. The van der Waals surface area contributed by atoms with Gasteiger partial charge in [-0.05, 0) is 46.2 Å². The number of fused-ring (bicyclic) bond motifs is 2. The zero-order valence-corrected chi connectivity index (χ0v) is 28.4. The maximum atomic E-state index is 5.49. The van der Waals surface area contributed by atoms with E-state index in [1.807, 2.05) is 0 Å². The molecule has 0 saturated carbocycles. The van der Waals surface area contributed by atoms with Crippen LogP contribution in [0.1, 0.15) is 44.5 Å². The molecule has 2 N–H and O–H groups in total. The van der Waals surface area contributed by atoms with Crippen molar-refractivity contribution in [1.82, 2.24) is 19.9 Å². The molecule has 0 radical (unpaired) electrons. The SMILES string of the molecule is C1=CC(c2ccccc2)(c2ccccc2)Cc2c[nH]c(-c3cocn3)c21.C1=CC(c2ccccc2)(c2ccccc2)Cc2c[nH]c(-c3ncco3)c21. The van der Waals surface area contributed by atoms with Gasteiger partial charge in [-0.15, -0.1) is 0 Å². The number of allylic oxidation sites excluding steroid dienone is 2. The van der Waals surface area contributed by atoms with Gasteiger partial charge in [-0.2, -0.15) is 0 Å². The number of aromatic amines is 2. The van der Waals surface area contributed by atoms with Gasteiger partial charge in [0.25, 0.3) is 0 Å². The van der Waals surface area contributed by atoms with Gasteiger partial charge in [0.2, 0.25) is 5.89 Å². The van der Waals surface area contributed by atoms with Gasteiger partial charge in [0.15, 0.2) is 6.39 Å². The first-order valence-corrected chi connectivity index (χ1v) is 17.5. The van der Waals surface area contributed by atoms with Gasteiger partial charge < -0.3 is 18.8 Å². The fourth-order valence-electron chi connectivity index (χ4n) is 7.93. The number of nitrogens with zero attached hydrogens (tertiary/aromatic N) is 2. The molecule has 10 rings (SSSR count). The molecule has 4 aromatic heterocycles. The summed E-state index contributed by atoms with van der Waals surface area (Å²) in [6.45, 7) is 0. The number of benzene rings is 4. The molecular weight excluding hydrogens is 641 g/mol. The Labute approximate surface area is 302 Å². The predicted octanol–water partition coefficient (Wildman–Crippen LogP) is 10.5. The molecular formula is C46H36N4O2. The first kappa shape index (κ1) is 31.3. The van der Waals surface area contributed by atoms with Crippen LogP contribution >= 0.6 is 0 Å². The summed E-state index contributed by atoms with van der Waals surface area (Å²) < 4.78 is 10.6. The van der Waals surface area contributed by atoms with Crippen molar-refractivity contribution in [3.05, 3.63) is 215 Å². The normalized spacial score (nSPS) is 14.9. The van der Waals surface area contributed by atoms with Crippen molar-refractivity contribution in [3.8, 4) is 23.0 Å². The molecule has 0 fully saturated rings. The Hall–Kier alpha value is -6.66. The zero-order valence-electron chi connectivity index (χ0n) is 28.4. The second kappa shape index (κ2) is 13.2. The highest BCUT2D eigenvalue weighted by Crippen LogP contribution is 2.45.